The van der Waals surface area contributed by atoms with Gasteiger partial charge in [0.15, 0.2) is 0 Å². The van der Waals surface area contributed by atoms with Crippen molar-refractivity contribution in [2.45, 2.75) is 11.8 Å². The monoisotopic (exact) mass is 611 g/mol. The van der Waals surface area contributed by atoms with Crippen LogP contribution in [0, 0.1) is 3.57 Å². The molecule has 1 N–H and O–H groups in total. The average molecular weight is 612 g/mol. The summed E-state index contributed by atoms with van der Waals surface area (Å²) in [4.78, 5) is 12.7. The van der Waals surface area contributed by atoms with Crippen molar-refractivity contribution in [1.82, 2.24) is 5.43 Å². The summed E-state index contributed by atoms with van der Waals surface area (Å²) in [5.74, 6) is -0.549. The van der Waals surface area contributed by atoms with Crippen LogP contribution in [0.2, 0.25) is 0 Å². The number of anilines is 1. The number of nitrogens with zero attached hydrogens (tertiary/aromatic N) is 2. The number of halogens is 2. The maximum absolute atomic E-state index is 13.2. The predicted octanol–water partition coefficient (Wildman–Crippen LogP) is 4.79. The number of benzene rings is 3. The lowest BCUT2D eigenvalue weighted by Crippen LogP contribution is -2.39. The van der Waals surface area contributed by atoms with Crippen LogP contribution in [0.5, 0.6) is 0 Å². The van der Waals surface area contributed by atoms with Crippen molar-refractivity contribution < 1.29 is 13.2 Å². The van der Waals surface area contributed by atoms with Crippen LogP contribution in [0.3, 0.4) is 0 Å². The van der Waals surface area contributed by atoms with E-state index in [2.05, 4.69) is 49.0 Å². The quantitative estimate of drug-likeness (QED) is 0.237. The van der Waals surface area contributed by atoms with Crippen molar-refractivity contribution in [3.63, 3.8) is 0 Å². The molecule has 0 fully saturated rings. The Morgan fingerprint density at radius 3 is 2.35 bits per heavy atom. The molecular formula is C22H19BrIN3O3S. The van der Waals surface area contributed by atoms with E-state index < -0.39 is 22.5 Å². The highest BCUT2D eigenvalue weighted by Gasteiger charge is 2.27. The van der Waals surface area contributed by atoms with Crippen LogP contribution in [0.15, 0.2) is 93.3 Å². The number of sulfonamides is 1. The van der Waals surface area contributed by atoms with Gasteiger partial charge in [0.25, 0.3) is 15.9 Å². The first-order chi connectivity index (χ1) is 14.8. The average Bonchev–Trinajstić information content (AvgIpc) is 2.77. The molecule has 6 nitrogen and oxygen atoms in total. The van der Waals surface area contributed by atoms with Crippen LogP contribution in [0.25, 0.3) is 0 Å². The second-order valence-corrected chi connectivity index (χ2v) is 10.6. The largest absolute Gasteiger partial charge is 0.271 e. The molecule has 0 spiro atoms. The number of hydrogen-bond donors (Lipinski definition) is 1. The normalized spacial score (nSPS) is 11.8. The molecule has 0 aliphatic heterocycles. The topological polar surface area (TPSA) is 78.8 Å². The second kappa shape index (κ2) is 10.4. The molecule has 160 valence electrons. The Morgan fingerprint density at radius 1 is 1.03 bits per heavy atom. The summed E-state index contributed by atoms with van der Waals surface area (Å²) in [6.45, 7) is 1.36. The van der Waals surface area contributed by atoms with Gasteiger partial charge in [0.1, 0.15) is 6.54 Å². The Morgan fingerprint density at radius 2 is 1.71 bits per heavy atom. The molecule has 0 saturated carbocycles. The molecule has 0 aliphatic carbocycles. The number of carbonyl (C=O) groups excluding carboxylic acids is 1. The summed E-state index contributed by atoms with van der Waals surface area (Å²) in [7, 11) is -3.95. The lowest BCUT2D eigenvalue weighted by molar-refractivity contribution is -0.119. The Balaban J connectivity index is 1.85. The first kappa shape index (κ1) is 23.4. The molecule has 0 aliphatic rings. The minimum atomic E-state index is -3.95. The fraction of sp³-hybridized carbons (Fsp3) is 0.0909. The van der Waals surface area contributed by atoms with E-state index in [1.165, 1.54) is 12.1 Å². The van der Waals surface area contributed by atoms with E-state index in [0.29, 0.717) is 11.4 Å². The van der Waals surface area contributed by atoms with E-state index >= 15 is 0 Å². The van der Waals surface area contributed by atoms with Crippen molar-refractivity contribution in [3.8, 4) is 0 Å². The van der Waals surface area contributed by atoms with Gasteiger partial charge in [0.2, 0.25) is 0 Å². The van der Waals surface area contributed by atoms with Gasteiger partial charge >= 0.3 is 0 Å². The minimum Gasteiger partial charge on any atom is -0.271 e. The zero-order valence-corrected chi connectivity index (χ0v) is 21.1. The van der Waals surface area contributed by atoms with Gasteiger partial charge in [0.05, 0.1) is 16.3 Å². The van der Waals surface area contributed by atoms with Crippen LogP contribution >= 0.6 is 38.5 Å². The Hall–Kier alpha value is -2.24. The van der Waals surface area contributed by atoms with Crippen LogP contribution < -0.4 is 9.73 Å². The smallest absolute Gasteiger partial charge is 0.264 e. The van der Waals surface area contributed by atoms with Gasteiger partial charge in [-0.3, -0.25) is 9.10 Å². The number of amides is 1. The summed E-state index contributed by atoms with van der Waals surface area (Å²) in [6.07, 6.45) is 0. The van der Waals surface area contributed by atoms with Crippen molar-refractivity contribution in [2.75, 3.05) is 10.8 Å². The highest BCUT2D eigenvalue weighted by atomic mass is 127. The zero-order valence-electron chi connectivity index (χ0n) is 16.5. The molecule has 9 heteroatoms. The van der Waals surface area contributed by atoms with Crippen molar-refractivity contribution in [1.29, 1.82) is 0 Å². The summed E-state index contributed by atoms with van der Waals surface area (Å²) in [5, 5.41) is 4.14. The second-order valence-electron chi connectivity index (χ2n) is 6.54. The van der Waals surface area contributed by atoms with Crippen LogP contribution in [0.4, 0.5) is 5.69 Å². The molecule has 3 rings (SSSR count). The maximum atomic E-state index is 13.2. The van der Waals surface area contributed by atoms with Crippen molar-refractivity contribution in [2.24, 2.45) is 5.10 Å². The maximum Gasteiger partial charge on any atom is 0.264 e. The van der Waals surface area contributed by atoms with Gasteiger partial charge < -0.3 is 0 Å². The van der Waals surface area contributed by atoms with Crippen LogP contribution in [0.1, 0.15) is 12.5 Å². The summed E-state index contributed by atoms with van der Waals surface area (Å²) in [6, 6.07) is 22.4. The third-order valence-corrected chi connectivity index (χ3v) is 7.31. The molecule has 31 heavy (non-hydrogen) atoms. The summed E-state index contributed by atoms with van der Waals surface area (Å²) < 4.78 is 29.4. The van der Waals surface area contributed by atoms with Crippen molar-refractivity contribution in [3.05, 3.63) is 92.5 Å². The third-order valence-electron chi connectivity index (χ3n) is 4.32. The van der Waals surface area contributed by atoms with E-state index in [0.717, 1.165) is 17.9 Å². The van der Waals surface area contributed by atoms with Gasteiger partial charge in [-0.2, -0.15) is 5.10 Å². The zero-order chi connectivity index (χ0) is 22.4. The van der Waals surface area contributed by atoms with Gasteiger partial charge in [0, 0.05) is 8.04 Å². The molecule has 3 aromatic rings. The molecule has 0 unspecified atom stereocenters. The minimum absolute atomic E-state index is 0.101. The number of hydrogen-bond acceptors (Lipinski definition) is 4. The standard InChI is InChI=1S/C22H19BrIN3O3S/c1-16(17-6-5-7-19(24)14-17)25-26-22(28)15-27(20-12-10-18(23)11-13-20)31(29,30)21-8-3-2-4-9-21/h2-14H,15H2,1H3,(H,26,28)/b25-16-. The number of hydrazone groups is 1. The highest BCUT2D eigenvalue weighted by Crippen LogP contribution is 2.25. The lowest BCUT2D eigenvalue weighted by atomic mass is 10.1. The number of carbonyl (C=O) groups is 1. The molecular weight excluding hydrogens is 593 g/mol. The first-order valence-corrected chi connectivity index (χ1v) is 12.5. The molecule has 0 radical (unpaired) electrons. The Labute approximate surface area is 203 Å². The fourth-order valence-corrected chi connectivity index (χ4v) is 4.98. The number of nitrogens with one attached hydrogen (secondary N) is 1. The highest BCUT2D eigenvalue weighted by molar-refractivity contribution is 14.1. The van der Waals surface area contributed by atoms with E-state index in [1.807, 2.05) is 24.3 Å². The third kappa shape index (κ3) is 6.14. The molecule has 0 heterocycles. The van der Waals surface area contributed by atoms with Gasteiger partial charge in [-0.05, 0) is 83.6 Å². The Kier molecular flexibility index (Phi) is 7.84. The molecule has 0 atom stereocenters. The van der Waals surface area contributed by atoms with E-state index in [-0.39, 0.29) is 4.90 Å². The van der Waals surface area contributed by atoms with Gasteiger partial charge in [-0.25, -0.2) is 13.8 Å². The van der Waals surface area contributed by atoms with Crippen LogP contribution in [-0.4, -0.2) is 26.6 Å². The van der Waals surface area contributed by atoms with E-state index in [9.17, 15) is 13.2 Å². The summed E-state index contributed by atoms with van der Waals surface area (Å²) >= 11 is 5.54. The molecule has 0 saturated heterocycles. The fourth-order valence-electron chi connectivity index (χ4n) is 2.73. The molecule has 0 aromatic heterocycles. The van der Waals surface area contributed by atoms with E-state index in [1.54, 1.807) is 49.4 Å². The predicted molar refractivity (Wildman–Crippen MR) is 135 cm³/mol. The first-order valence-electron chi connectivity index (χ1n) is 9.20. The van der Waals surface area contributed by atoms with Gasteiger partial charge in [-0.15, -0.1) is 0 Å². The number of rotatable bonds is 7. The molecule has 3 aromatic carbocycles. The lowest BCUT2D eigenvalue weighted by Gasteiger charge is -2.23. The van der Waals surface area contributed by atoms with E-state index in [4.69, 9.17) is 0 Å². The molecule has 0 bridgehead atoms. The molecule has 1 amide bonds. The van der Waals surface area contributed by atoms with Crippen molar-refractivity contribution >= 4 is 65.9 Å². The Bertz CT molecular complexity index is 1200. The van der Waals surface area contributed by atoms with Crippen LogP contribution in [-0.2, 0) is 14.8 Å². The summed E-state index contributed by atoms with van der Waals surface area (Å²) in [5.41, 5.74) is 4.33. The van der Waals surface area contributed by atoms with Gasteiger partial charge in [-0.1, -0.05) is 46.3 Å². The SMILES string of the molecule is C/C(=N/NC(=O)CN(c1ccc(Br)cc1)S(=O)(=O)c1ccccc1)c1cccc(I)c1.